The maximum atomic E-state index is 2.71. The number of benzene rings is 15. The molecule has 2 aliphatic heterocycles. The Balaban J connectivity index is 1.11. The molecular weight excluding hydrogens is 1130 g/mol. The summed E-state index contributed by atoms with van der Waals surface area (Å²) < 4.78 is 7.96. The lowest BCUT2D eigenvalue weighted by atomic mass is 9.34. The van der Waals surface area contributed by atoms with Crippen molar-refractivity contribution in [2.45, 2.75) is 0 Å². The lowest BCUT2D eigenvalue weighted by Gasteiger charge is -2.37. The van der Waals surface area contributed by atoms with Crippen molar-refractivity contribution in [2.75, 3.05) is 0 Å². The maximum Gasteiger partial charge on any atom is 0.252 e. The lowest BCUT2D eigenvalue weighted by molar-refractivity contribution is 1.10. The molecule has 5 heterocycles. The van der Waals surface area contributed by atoms with E-state index < -0.39 is 0 Å². The second-order valence-corrected chi connectivity index (χ2v) is 25.3. The maximum absolute atomic E-state index is 2.71. The largest absolute Gasteiger partial charge is 0.310 e. The molecule has 0 aliphatic carbocycles. The number of hydrogen-bond acceptors (Lipinski definition) is 0. The predicted octanol–water partition coefficient (Wildman–Crippen LogP) is 21.7. The first-order chi connectivity index (χ1) is 46.7. The van der Waals surface area contributed by atoms with Gasteiger partial charge in [-0.1, -0.05) is 291 Å². The number of nitrogens with zero attached hydrogens (tertiary/aromatic N) is 3. The van der Waals surface area contributed by atoms with Gasteiger partial charge in [0.2, 0.25) is 0 Å². The smallest absolute Gasteiger partial charge is 0.252 e. The van der Waals surface area contributed by atoms with Crippen LogP contribution in [-0.2, 0) is 0 Å². The lowest BCUT2D eigenvalue weighted by Crippen LogP contribution is -2.60. The van der Waals surface area contributed by atoms with Gasteiger partial charge in [-0.25, -0.2) is 0 Å². The molecule has 0 N–H and O–H groups in total. The third-order valence-corrected chi connectivity index (χ3v) is 20.4. The second kappa shape index (κ2) is 20.6. The zero-order valence-electron chi connectivity index (χ0n) is 51.3. The minimum atomic E-state index is -0.288. The first kappa shape index (κ1) is 52.5. The summed E-state index contributed by atoms with van der Waals surface area (Å²) in [5, 5.41) is 16.6. The van der Waals surface area contributed by atoms with Crippen molar-refractivity contribution in [3.8, 4) is 61.6 Å². The minimum absolute atomic E-state index is 0.288. The Morgan fingerprint density at radius 3 is 0.904 bits per heavy atom. The van der Waals surface area contributed by atoms with Gasteiger partial charge in [0.05, 0.1) is 27.8 Å². The van der Waals surface area contributed by atoms with E-state index in [1.54, 1.807) is 0 Å². The van der Waals surface area contributed by atoms with Crippen molar-refractivity contribution in [1.82, 2.24) is 13.7 Å². The Kier molecular flexibility index (Phi) is 11.5. The molecule has 0 unspecified atom stereocenters. The molecule has 0 saturated carbocycles. The highest BCUT2D eigenvalue weighted by Gasteiger charge is 2.41. The van der Waals surface area contributed by atoms with Crippen molar-refractivity contribution >= 4 is 132 Å². The van der Waals surface area contributed by atoms with E-state index in [4.69, 9.17) is 0 Å². The molecule has 0 fully saturated rings. The molecule has 18 aromatic rings. The molecule has 0 saturated heterocycles. The average molecular weight is 1190 g/mol. The molecule has 3 nitrogen and oxygen atoms in total. The van der Waals surface area contributed by atoms with E-state index in [1.807, 2.05) is 0 Å². The van der Waals surface area contributed by atoms with E-state index in [-0.39, 0.29) is 6.71 Å². The number of aromatic nitrogens is 3. The van der Waals surface area contributed by atoms with Crippen LogP contribution in [0.5, 0.6) is 0 Å². The standard InChI is InChI=1S/C90H56BN3/c1-5-27-57(28-6-1)61-51-76-68-37-15-13-35-66(68)72-45-25-43-64(59-31-9-3-10-32-59)86(72)74-41-19-23-49-82(74)93-84-55-63(92-80-47-21-17-39-70(80)71-40-18-22-48-81(71)92)56-85-88(84)91(78(53-61)89(76)93)79-54-62(58-29-7-2-8-30-58)52-77-69-38-16-14-36-67(69)73-46-26-44-65(60-33-11-4-12-34-60)87(73)75-42-20-24-50-83(75)94(85)90(77)79/h1-56H. The Morgan fingerprint density at radius 1 is 0.202 bits per heavy atom. The van der Waals surface area contributed by atoms with Crippen LogP contribution in [0.1, 0.15) is 0 Å². The predicted molar refractivity (Wildman–Crippen MR) is 401 cm³/mol. The zero-order valence-corrected chi connectivity index (χ0v) is 51.3. The van der Waals surface area contributed by atoms with Crippen molar-refractivity contribution in [2.24, 2.45) is 0 Å². The van der Waals surface area contributed by atoms with Gasteiger partial charge in [-0.05, 0) is 153 Å². The molecule has 15 aromatic carbocycles. The molecule has 0 amide bonds. The van der Waals surface area contributed by atoms with E-state index in [0.29, 0.717) is 0 Å². The van der Waals surface area contributed by atoms with Crippen molar-refractivity contribution < 1.29 is 0 Å². The fraction of sp³-hybridized carbons (Fsp3) is 0. The number of para-hydroxylation sites is 4. The van der Waals surface area contributed by atoms with Gasteiger partial charge in [0.15, 0.2) is 0 Å². The monoisotopic (exact) mass is 1190 g/mol. The van der Waals surface area contributed by atoms with Crippen LogP contribution in [-0.4, -0.2) is 20.4 Å². The third kappa shape index (κ3) is 7.68. The van der Waals surface area contributed by atoms with Crippen LogP contribution in [0.4, 0.5) is 0 Å². The fourth-order valence-electron chi connectivity index (χ4n) is 16.6. The molecule has 2 aliphatic rings. The van der Waals surface area contributed by atoms with E-state index in [1.165, 1.54) is 137 Å². The number of fused-ring (bicyclic) bond motifs is 21. The molecule has 0 radical (unpaired) electrons. The summed E-state index contributed by atoms with van der Waals surface area (Å²) in [7, 11) is 0. The summed E-state index contributed by atoms with van der Waals surface area (Å²) in [6.45, 7) is -0.288. The van der Waals surface area contributed by atoms with Gasteiger partial charge in [-0.3, -0.25) is 0 Å². The van der Waals surface area contributed by atoms with Crippen LogP contribution in [0.3, 0.4) is 0 Å². The van der Waals surface area contributed by atoms with E-state index in [2.05, 4.69) is 353 Å². The van der Waals surface area contributed by atoms with E-state index in [0.717, 1.165) is 49.9 Å². The summed E-state index contributed by atoms with van der Waals surface area (Å²) in [5.74, 6) is 0. The van der Waals surface area contributed by atoms with Gasteiger partial charge < -0.3 is 13.7 Å². The van der Waals surface area contributed by atoms with Crippen LogP contribution in [0.15, 0.2) is 340 Å². The van der Waals surface area contributed by atoms with Gasteiger partial charge in [-0.15, -0.1) is 0 Å². The van der Waals surface area contributed by atoms with Gasteiger partial charge in [-0.2, -0.15) is 0 Å². The Bertz CT molecular complexity index is 6010. The highest BCUT2D eigenvalue weighted by Crippen LogP contribution is 2.46. The summed E-state index contributed by atoms with van der Waals surface area (Å²) >= 11 is 0. The molecule has 94 heavy (non-hydrogen) atoms. The molecule has 434 valence electrons. The molecule has 0 spiro atoms. The van der Waals surface area contributed by atoms with Crippen LogP contribution >= 0.6 is 0 Å². The van der Waals surface area contributed by atoms with Crippen molar-refractivity contribution in [3.05, 3.63) is 340 Å². The quantitative estimate of drug-likeness (QED) is 0.153. The molecule has 0 atom stereocenters. The zero-order chi connectivity index (χ0) is 61.5. The van der Waals surface area contributed by atoms with Gasteiger partial charge in [0.25, 0.3) is 6.71 Å². The summed E-state index contributed by atoms with van der Waals surface area (Å²) in [6.07, 6.45) is 0. The first-order valence-electron chi connectivity index (χ1n) is 32.7. The summed E-state index contributed by atoms with van der Waals surface area (Å²) in [6, 6.07) is 128. The topological polar surface area (TPSA) is 14.8 Å². The van der Waals surface area contributed by atoms with Crippen molar-refractivity contribution in [1.29, 1.82) is 0 Å². The highest BCUT2D eigenvalue weighted by molar-refractivity contribution is 7.00. The van der Waals surface area contributed by atoms with Crippen LogP contribution in [0, 0.1) is 0 Å². The number of hydrogen-bond donors (Lipinski definition) is 0. The number of rotatable bonds is 5. The summed E-state index contributed by atoms with van der Waals surface area (Å²) in [5.41, 5.74) is 23.4. The average Bonchev–Trinajstić information content (AvgIpc) is 0.929. The molecule has 0 bridgehead atoms. The second-order valence-electron chi connectivity index (χ2n) is 25.3. The van der Waals surface area contributed by atoms with E-state index in [9.17, 15) is 0 Å². The molecular formula is C90H56BN3. The van der Waals surface area contributed by atoms with E-state index >= 15 is 0 Å². The Morgan fingerprint density at radius 2 is 0.511 bits per heavy atom. The van der Waals surface area contributed by atoms with Gasteiger partial charge >= 0.3 is 0 Å². The molecule has 20 rings (SSSR count). The van der Waals surface area contributed by atoms with Crippen LogP contribution < -0.4 is 16.4 Å². The first-order valence-corrected chi connectivity index (χ1v) is 32.7. The SMILES string of the molecule is c1ccc(-c2cc3c4c(c2)c2ccccc2c2cccc(-c5ccccc5)c2c2ccccc2n4-c2cc(-n4c5ccccc5c5ccccc54)cc4c2B3c2cc(-c3ccccc3)cc3c5ccccc5c5cccc(-c6ccccc6)c5c5ccccc5n-4c23)cc1. The molecule has 3 aromatic heterocycles. The Hall–Kier alpha value is -12.2. The summed E-state index contributed by atoms with van der Waals surface area (Å²) in [4.78, 5) is 0. The van der Waals surface area contributed by atoms with Crippen LogP contribution in [0.2, 0.25) is 0 Å². The normalized spacial score (nSPS) is 12.2. The third-order valence-electron chi connectivity index (χ3n) is 20.4. The minimum Gasteiger partial charge on any atom is -0.310 e. The van der Waals surface area contributed by atoms with Crippen molar-refractivity contribution in [3.63, 3.8) is 0 Å². The Labute approximate surface area is 543 Å². The van der Waals surface area contributed by atoms with Gasteiger partial charge in [0, 0.05) is 54.7 Å². The fourth-order valence-corrected chi connectivity index (χ4v) is 16.6. The highest BCUT2D eigenvalue weighted by atomic mass is 15.1. The molecule has 4 heteroatoms. The van der Waals surface area contributed by atoms with Crippen LogP contribution in [0.25, 0.3) is 170 Å². The van der Waals surface area contributed by atoms with Gasteiger partial charge in [0.1, 0.15) is 0 Å².